The molecule has 126 valence electrons. The highest BCUT2D eigenvalue weighted by Gasteiger charge is 2.36. The fraction of sp³-hybridized carbons (Fsp3) is 0. The highest BCUT2D eigenvalue weighted by Crippen LogP contribution is 2.30. The van der Waals surface area contributed by atoms with Crippen LogP contribution in [0.4, 0.5) is 5.69 Å². The molecule has 0 atom stereocenters. The number of carbonyl (C=O) groups excluding carboxylic acids is 3. The summed E-state index contributed by atoms with van der Waals surface area (Å²) in [6, 6.07) is 21.6. The van der Waals surface area contributed by atoms with E-state index in [1.165, 1.54) is 6.07 Å². The Morgan fingerprint density at radius 1 is 0.731 bits per heavy atom. The maximum Gasteiger partial charge on any atom is 0.343 e. The van der Waals surface area contributed by atoms with E-state index in [1.807, 2.05) is 0 Å². The molecule has 1 heterocycles. The minimum atomic E-state index is -0.509. The van der Waals surface area contributed by atoms with E-state index < -0.39 is 17.8 Å². The van der Waals surface area contributed by atoms with Crippen LogP contribution in [0.1, 0.15) is 31.1 Å². The summed E-state index contributed by atoms with van der Waals surface area (Å²) in [6.07, 6.45) is 0. The zero-order chi connectivity index (χ0) is 18.1. The number of hydrogen-bond donors (Lipinski definition) is 0. The van der Waals surface area contributed by atoms with Crippen LogP contribution < -0.4 is 9.64 Å². The average Bonchev–Trinajstić information content (AvgIpc) is 2.94. The van der Waals surface area contributed by atoms with Crippen LogP contribution in [0, 0.1) is 0 Å². The third-order valence-electron chi connectivity index (χ3n) is 4.09. The second-order valence-electron chi connectivity index (χ2n) is 5.74. The van der Waals surface area contributed by atoms with Gasteiger partial charge in [0.05, 0.1) is 22.4 Å². The number of hydrogen-bond acceptors (Lipinski definition) is 4. The lowest BCUT2D eigenvalue weighted by atomic mass is 10.1. The summed E-state index contributed by atoms with van der Waals surface area (Å²) >= 11 is 0. The number of anilines is 1. The van der Waals surface area contributed by atoms with Gasteiger partial charge in [0.15, 0.2) is 0 Å². The van der Waals surface area contributed by atoms with Gasteiger partial charge in [0.1, 0.15) is 5.75 Å². The van der Waals surface area contributed by atoms with Crippen molar-refractivity contribution in [2.45, 2.75) is 0 Å². The molecule has 0 spiro atoms. The molecule has 0 saturated carbocycles. The summed E-state index contributed by atoms with van der Waals surface area (Å²) in [5, 5.41) is 0. The molecule has 4 rings (SSSR count). The Morgan fingerprint density at radius 3 is 2.00 bits per heavy atom. The number of fused-ring (bicyclic) bond motifs is 1. The van der Waals surface area contributed by atoms with Gasteiger partial charge < -0.3 is 4.74 Å². The highest BCUT2D eigenvalue weighted by atomic mass is 16.5. The van der Waals surface area contributed by atoms with E-state index in [0.29, 0.717) is 22.4 Å². The maximum absolute atomic E-state index is 12.6. The highest BCUT2D eigenvalue weighted by molar-refractivity contribution is 6.34. The third-order valence-corrected chi connectivity index (χ3v) is 4.09. The predicted octanol–water partition coefficient (Wildman–Crippen LogP) is 3.71. The van der Waals surface area contributed by atoms with Crippen LogP contribution in [0.2, 0.25) is 0 Å². The van der Waals surface area contributed by atoms with Crippen molar-refractivity contribution in [3.05, 3.63) is 95.6 Å². The molecule has 0 unspecified atom stereocenters. The Hall–Kier alpha value is -3.73. The molecular formula is C21H13NO4. The second kappa shape index (κ2) is 6.29. The van der Waals surface area contributed by atoms with Crippen molar-refractivity contribution in [1.82, 2.24) is 0 Å². The SMILES string of the molecule is O=C(Oc1cccc(N2C(=O)c3ccccc3C2=O)c1)c1ccccc1. The molecule has 0 fully saturated rings. The summed E-state index contributed by atoms with van der Waals surface area (Å²) < 4.78 is 5.36. The number of benzene rings is 3. The summed E-state index contributed by atoms with van der Waals surface area (Å²) in [6.45, 7) is 0. The topological polar surface area (TPSA) is 63.7 Å². The molecule has 0 aromatic heterocycles. The van der Waals surface area contributed by atoms with Crippen molar-refractivity contribution in [2.75, 3.05) is 4.90 Å². The van der Waals surface area contributed by atoms with E-state index >= 15 is 0 Å². The Morgan fingerprint density at radius 2 is 1.35 bits per heavy atom. The number of carbonyl (C=O) groups is 3. The summed E-state index contributed by atoms with van der Waals surface area (Å²) in [7, 11) is 0. The lowest BCUT2D eigenvalue weighted by Crippen LogP contribution is -2.29. The Balaban J connectivity index is 1.62. The smallest absolute Gasteiger partial charge is 0.343 e. The number of esters is 1. The molecule has 5 heteroatoms. The van der Waals surface area contributed by atoms with E-state index in [2.05, 4.69) is 0 Å². The minimum Gasteiger partial charge on any atom is -0.423 e. The van der Waals surface area contributed by atoms with E-state index in [-0.39, 0.29) is 5.75 Å². The van der Waals surface area contributed by atoms with Crippen LogP contribution in [0.3, 0.4) is 0 Å². The first kappa shape index (κ1) is 15.8. The van der Waals surface area contributed by atoms with Crippen LogP contribution in [0.15, 0.2) is 78.9 Å². The maximum atomic E-state index is 12.6. The normalized spacial score (nSPS) is 12.8. The van der Waals surface area contributed by atoms with Gasteiger partial charge in [-0.1, -0.05) is 36.4 Å². The number of amides is 2. The van der Waals surface area contributed by atoms with Gasteiger partial charge in [-0.3, -0.25) is 9.59 Å². The van der Waals surface area contributed by atoms with Crippen LogP contribution in [-0.4, -0.2) is 17.8 Å². The number of nitrogens with zero attached hydrogens (tertiary/aromatic N) is 1. The molecule has 2 amide bonds. The van der Waals surface area contributed by atoms with E-state index in [9.17, 15) is 14.4 Å². The van der Waals surface area contributed by atoms with Gasteiger partial charge in [-0.2, -0.15) is 0 Å². The molecular weight excluding hydrogens is 330 g/mol. The van der Waals surface area contributed by atoms with Crippen LogP contribution in [0.5, 0.6) is 5.75 Å². The van der Waals surface area contributed by atoms with Crippen LogP contribution in [0.25, 0.3) is 0 Å². The first-order valence-corrected chi connectivity index (χ1v) is 8.00. The fourth-order valence-corrected chi connectivity index (χ4v) is 2.85. The molecule has 0 N–H and O–H groups in total. The zero-order valence-corrected chi connectivity index (χ0v) is 13.6. The van der Waals surface area contributed by atoms with Gasteiger partial charge in [-0.25, -0.2) is 9.69 Å². The van der Waals surface area contributed by atoms with Gasteiger partial charge in [0.2, 0.25) is 0 Å². The Kier molecular flexibility index (Phi) is 3.82. The minimum absolute atomic E-state index is 0.257. The van der Waals surface area contributed by atoms with Crippen molar-refractivity contribution in [3.63, 3.8) is 0 Å². The summed E-state index contributed by atoms with van der Waals surface area (Å²) in [4.78, 5) is 38.4. The summed E-state index contributed by atoms with van der Waals surface area (Å²) in [5.41, 5.74) is 1.50. The molecule has 3 aromatic rings. The van der Waals surface area contributed by atoms with Gasteiger partial charge in [0.25, 0.3) is 11.8 Å². The lowest BCUT2D eigenvalue weighted by molar-refractivity contribution is 0.0734. The van der Waals surface area contributed by atoms with Crippen molar-refractivity contribution in [2.24, 2.45) is 0 Å². The number of rotatable bonds is 3. The zero-order valence-electron chi connectivity index (χ0n) is 13.6. The lowest BCUT2D eigenvalue weighted by Gasteiger charge is -2.15. The van der Waals surface area contributed by atoms with Crippen LogP contribution >= 0.6 is 0 Å². The monoisotopic (exact) mass is 343 g/mol. The fourth-order valence-electron chi connectivity index (χ4n) is 2.85. The molecule has 1 aliphatic rings. The van der Waals surface area contributed by atoms with Gasteiger partial charge >= 0.3 is 5.97 Å². The quantitative estimate of drug-likeness (QED) is 0.413. The van der Waals surface area contributed by atoms with Crippen molar-refractivity contribution in [3.8, 4) is 5.75 Å². The second-order valence-corrected chi connectivity index (χ2v) is 5.74. The first-order valence-electron chi connectivity index (χ1n) is 8.00. The van der Waals surface area contributed by atoms with Crippen molar-refractivity contribution in [1.29, 1.82) is 0 Å². The molecule has 0 saturated heterocycles. The third kappa shape index (κ3) is 2.65. The van der Waals surface area contributed by atoms with Gasteiger partial charge in [-0.15, -0.1) is 0 Å². The summed E-state index contributed by atoms with van der Waals surface area (Å²) in [5.74, 6) is -1.03. The van der Waals surface area contributed by atoms with E-state index in [4.69, 9.17) is 4.74 Å². The molecule has 0 aliphatic carbocycles. The van der Waals surface area contributed by atoms with E-state index in [0.717, 1.165) is 4.90 Å². The Bertz CT molecular complexity index is 992. The molecule has 1 aliphatic heterocycles. The Labute approximate surface area is 149 Å². The van der Waals surface area contributed by atoms with Gasteiger partial charge in [-0.05, 0) is 36.4 Å². The van der Waals surface area contributed by atoms with Gasteiger partial charge in [0, 0.05) is 6.07 Å². The molecule has 0 bridgehead atoms. The molecule has 3 aromatic carbocycles. The molecule has 5 nitrogen and oxygen atoms in total. The van der Waals surface area contributed by atoms with Crippen molar-refractivity contribution >= 4 is 23.5 Å². The number of ether oxygens (including phenoxy) is 1. The van der Waals surface area contributed by atoms with Crippen molar-refractivity contribution < 1.29 is 19.1 Å². The molecule has 0 radical (unpaired) electrons. The number of imide groups is 1. The van der Waals surface area contributed by atoms with Crippen LogP contribution in [-0.2, 0) is 0 Å². The van der Waals surface area contributed by atoms with E-state index in [1.54, 1.807) is 72.8 Å². The average molecular weight is 343 g/mol. The standard InChI is InChI=1S/C21H13NO4/c23-19-17-11-4-5-12-18(17)20(24)22(19)15-9-6-10-16(13-15)26-21(25)14-7-2-1-3-8-14/h1-13H. The largest absolute Gasteiger partial charge is 0.423 e. The predicted molar refractivity (Wildman–Crippen MR) is 95.4 cm³/mol. The molecule has 26 heavy (non-hydrogen) atoms. The first-order chi connectivity index (χ1) is 12.6.